The minimum Gasteiger partial charge on any atom is -0.406 e. The molecule has 1 saturated carbocycles. The number of hydrogen-bond acceptors (Lipinski definition) is 25. The normalized spacial score (nSPS) is 12.0. The van der Waals surface area contributed by atoms with E-state index >= 15 is 0 Å². The van der Waals surface area contributed by atoms with Crippen molar-refractivity contribution in [3.8, 4) is 5.75 Å². The maximum absolute atomic E-state index is 13.0. The molecular formula is C110H91F3N24O9. The summed E-state index contributed by atoms with van der Waals surface area (Å²) in [4.78, 5) is 162. The minimum atomic E-state index is -4.79. The van der Waals surface area contributed by atoms with E-state index in [4.69, 9.17) is 0 Å². The number of aromatic nitrogens is 15. The standard InChI is InChI=1S/C25H23N5O2.C23H22N6O2.C23H19N5O2.C20H13F3N4O2.C19H14N4O/c31-22(16-6-2-1-3-7-16)20-14-26-23-21(20)24(28-15-27-23)29-18-10-12-19(13-11-18)30-25(32)17-8-4-5-9-17;1-29(2)13-19(30)27-16-8-10-17(11-9-16)28-23-20-18(12-24-22(20)25-14-26-23)21(31)15-6-4-3-5-7-15;1-14(29)28-10-9-16-11-17(7-8-19(16)28)27-23-20-18(12-24-22(20)25-13-26-23)21(30)15-5-3-2-4-6-15;21-20(22,23)29-14-8-4-7-13(9-14)27-19-16-15(10-24-18(16)25-11-26-19)17(28)12-5-2-1-3-6-12;24-17(13-7-3-1-4-8-13)15-11-20-18-16(15)19(22-12-21-18)23-14-9-5-2-6-10-14/h1-3,6-7,10-15,17H,4-5,8-9H2,(H,30,32)(H2,26,27,28,29);3-12,14H,13H2,1-2H3,(H,27,30)(H2,24,25,26,28);2-8,11-13H,9-10H2,1H3,(H2,24,25,26,27);1-11H,(H2,24,25,26,27);1-12H,(H2,20,21,22,23). The smallest absolute Gasteiger partial charge is 0.406 e. The molecule has 11 heterocycles. The Labute approximate surface area is 830 Å². The van der Waals surface area contributed by atoms with E-state index in [0.717, 1.165) is 71.8 Å². The molecule has 12 N–H and O–H groups in total. The van der Waals surface area contributed by atoms with Crippen LogP contribution in [0.3, 0.4) is 0 Å². The van der Waals surface area contributed by atoms with Gasteiger partial charge in [0, 0.05) is 130 Å². The highest BCUT2D eigenvalue weighted by Crippen LogP contribution is 2.39. The molecule has 0 spiro atoms. The highest BCUT2D eigenvalue weighted by molar-refractivity contribution is 6.22. The SMILES string of the molecule is CC(=O)N1CCc2cc(Nc3ncnc4[nH]cc(C(=O)c5ccccc5)c34)ccc21.CN(C)CC(=O)Nc1ccc(Nc2ncnc3[nH]cc(C(=O)c4ccccc4)c23)cc1.O=C(c1ccccc1)c1c[nH]c2ncnc(Nc3ccc(NC(=O)C4CCCC4)cc3)c12.O=C(c1ccccc1)c1c[nH]c2ncnc(Nc3cccc(OC(F)(F)F)c3)c12.O=C(c1ccccc1)c1c[nH]c2ncnc(Nc3ccccc3)c12. The molecule has 0 radical (unpaired) electrons. The average molecular weight is 1950 g/mol. The van der Waals surface area contributed by atoms with E-state index in [9.17, 15) is 51.5 Å². The number of ether oxygens (including phenoxy) is 1. The summed E-state index contributed by atoms with van der Waals surface area (Å²) in [6, 6.07) is 80.9. The Balaban J connectivity index is 0.000000120. The van der Waals surface area contributed by atoms with E-state index in [1.165, 1.54) is 56.0 Å². The van der Waals surface area contributed by atoms with E-state index < -0.39 is 6.36 Å². The summed E-state index contributed by atoms with van der Waals surface area (Å²) in [5, 5.41) is 24.9. The van der Waals surface area contributed by atoms with Crippen molar-refractivity contribution in [2.24, 2.45) is 5.92 Å². The van der Waals surface area contributed by atoms with Crippen molar-refractivity contribution in [2.75, 3.05) is 69.3 Å². The molecule has 36 heteroatoms. The number of para-hydroxylation sites is 1. The second kappa shape index (κ2) is 44.4. The maximum atomic E-state index is 13.0. The van der Waals surface area contributed by atoms with Gasteiger partial charge in [0.2, 0.25) is 17.7 Å². The van der Waals surface area contributed by atoms with Gasteiger partial charge in [-0.3, -0.25) is 38.4 Å². The number of ketones is 5. The molecule has 1 aliphatic heterocycles. The molecule has 1 fully saturated rings. The molecule has 0 unspecified atom stereocenters. The zero-order valence-corrected chi connectivity index (χ0v) is 78.5. The molecule has 0 saturated heterocycles. The van der Waals surface area contributed by atoms with E-state index in [-0.39, 0.29) is 64.1 Å². The number of nitrogens with one attached hydrogen (secondary N) is 12. The highest BCUT2D eigenvalue weighted by atomic mass is 19.4. The topological polar surface area (TPSA) is 444 Å². The second-order valence-electron chi connectivity index (χ2n) is 34.0. The Bertz CT molecular complexity index is 8130. The zero-order valence-electron chi connectivity index (χ0n) is 78.5. The van der Waals surface area contributed by atoms with Gasteiger partial charge in [0.15, 0.2) is 28.9 Å². The van der Waals surface area contributed by atoms with Crippen molar-refractivity contribution in [2.45, 2.75) is 45.4 Å². The number of benzene rings is 10. The Hall–Kier alpha value is -19.4. The van der Waals surface area contributed by atoms with Crippen molar-refractivity contribution < 1.29 is 56.3 Å². The average Bonchev–Trinajstić information content (AvgIpc) is 1.63. The van der Waals surface area contributed by atoms with Crippen LogP contribution in [0.15, 0.2) is 336 Å². The number of halogens is 3. The summed E-state index contributed by atoms with van der Waals surface area (Å²) >= 11 is 0. The third-order valence-electron chi connectivity index (χ3n) is 23.8. The minimum absolute atomic E-state index is 0.0448. The lowest BCUT2D eigenvalue weighted by Crippen LogP contribution is -2.27. The third kappa shape index (κ3) is 23.0. The number of carbonyl (C=O) groups excluding carboxylic acids is 8. The van der Waals surface area contributed by atoms with Crippen molar-refractivity contribution in [3.05, 3.63) is 397 Å². The molecule has 1 aliphatic carbocycles. The molecule has 0 atom stereocenters. The summed E-state index contributed by atoms with van der Waals surface area (Å²) < 4.78 is 41.3. The van der Waals surface area contributed by atoms with Crippen LogP contribution in [0.1, 0.15) is 118 Å². The number of nitrogens with zero attached hydrogens (tertiary/aromatic N) is 12. The van der Waals surface area contributed by atoms with Crippen LogP contribution >= 0.6 is 0 Å². The van der Waals surface area contributed by atoms with Crippen LogP contribution in [0.25, 0.3) is 55.2 Å². The molecule has 22 rings (SSSR count). The van der Waals surface area contributed by atoms with Gasteiger partial charge >= 0.3 is 6.36 Å². The summed E-state index contributed by atoms with van der Waals surface area (Å²) in [6.45, 7) is 2.58. The number of amides is 3. The van der Waals surface area contributed by atoms with Crippen molar-refractivity contribution in [1.82, 2.24) is 79.7 Å². The number of H-pyrrole nitrogens is 5. The number of fused-ring (bicyclic) bond motifs is 6. The van der Waals surface area contributed by atoms with Gasteiger partial charge in [-0.1, -0.05) is 189 Å². The van der Waals surface area contributed by atoms with Gasteiger partial charge < -0.3 is 76.7 Å². The van der Waals surface area contributed by atoms with Gasteiger partial charge in [-0.05, 0) is 130 Å². The number of anilines is 13. The van der Waals surface area contributed by atoms with E-state index in [1.807, 2.05) is 172 Å². The maximum Gasteiger partial charge on any atom is 0.573 e. The predicted octanol–water partition coefficient (Wildman–Crippen LogP) is 21.1. The number of aromatic amines is 5. The van der Waals surface area contributed by atoms with Crippen LogP contribution in [0.2, 0.25) is 0 Å². The van der Waals surface area contributed by atoms with Gasteiger partial charge in [0.25, 0.3) is 0 Å². The van der Waals surface area contributed by atoms with E-state index in [0.29, 0.717) is 159 Å². The first-order valence-electron chi connectivity index (χ1n) is 46.3. The summed E-state index contributed by atoms with van der Waals surface area (Å²) in [6.07, 6.45) is 15.5. The Kier molecular flexibility index (Phi) is 29.5. The first-order chi connectivity index (χ1) is 71.0. The molecule has 20 aromatic rings. The van der Waals surface area contributed by atoms with Crippen LogP contribution in [-0.4, -0.2) is 160 Å². The lowest BCUT2D eigenvalue weighted by Gasteiger charge is -2.15. The van der Waals surface area contributed by atoms with E-state index in [1.54, 1.807) is 139 Å². The first kappa shape index (κ1) is 96.9. The van der Waals surface area contributed by atoms with Crippen LogP contribution in [-0.2, 0) is 20.8 Å². The van der Waals surface area contributed by atoms with Crippen molar-refractivity contribution >= 4 is 176 Å². The highest BCUT2D eigenvalue weighted by Gasteiger charge is 2.33. The van der Waals surface area contributed by atoms with Gasteiger partial charge in [0.05, 0.1) is 61.3 Å². The third-order valence-corrected chi connectivity index (χ3v) is 23.8. The van der Waals surface area contributed by atoms with Crippen LogP contribution in [0.5, 0.6) is 5.75 Å². The zero-order chi connectivity index (χ0) is 101. The number of alkyl halides is 3. The lowest BCUT2D eigenvalue weighted by molar-refractivity contribution is -0.274. The molecule has 146 heavy (non-hydrogen) atoms. The molecular weight excluding hydrogens is 1860 g/mol. The molecule has 33 nitrogen and oxygen atoms in total. The summed E-state index contributed by atoms with van der Waals surface area (Å²) in [7, 11) is 3.68. The van der Waals surface area contributed by atoms with Crippen molar-refractivity contribution in [1.29, 1.82) is 0 Å². The number of carbonyl (C=O) groups is 8. The fraction of sp³-hybridized carbons (Fsp3) is 0.109. The number of rotatable bonds is 26. The molecule has 10 aromatic carbocycles. The number of likely N-dealkylation sites (N-methyl/N-ethyl adjacent to an activating group) is 1. The molecule has 10 aromatic heterocycles. The Morgan fingerprint density at radius 3 is 0.979 bits per heavy atom. The first-order valence-corrected chi connectivity index (χ1v) is 46.3. The van der Waals surface area contributed by atoms with Gasteiger partial charge in [-0.15, -0.1) is 13.2 Å². The Morgan fingerprint density at radius 1 is 0.356 bits per heavy atom. The second-order valence-corrected chi connectivity index (χ2v) is 34.0. The van der Waals surface area contributed by atoms with Crippen molar-refractivity contribution in [3.63, 3.8) is 0 Å². The largest absolute Gasteiger partial charge is 0.573 e. The quantitative estimate of drug-likeness (QED) is 0.0224. The van der Waals surface area contributed by atoms with E-state index in [2.05, 4.69) is 117 Å². The van der Waals surface area contributed by atoms with Gasteiger partial charge in [-0.2, -0.15) is 0 Å². The molecule has 726 valence electrons. The predicted molar refractivity (Wildman–Crippen MR) is 554 cm³/mol. The van der Waals surface area contributed by atoms with Gasteiger partial charge in [-0.25, -0.2) is 49.8 Å². The fourth-order valence-corrected chi connectivity index (χ4v) is 16.9. The van der Waals surface area contributed by atoms with Crippen LogP contribution in [0.4, 0.5) is 87.8 Å². The lowest BCUT2D eigenvalue weighted by atomic mass is 10.0. The summed E-state index contributed by atoms with van der Waals surface area (Å²) in [5.74, 6) is 1.71. The number of hydrogen-bond donors (Lipinski definition) is 12. The monoisotopic (exact) mass is 1950 g/mol. The Morgan fingerprint density at radius 2 is 0.651 bits per heavy atom. The molecule has 3 amide bonds. The van der Waals surface area contributed by atoms with Gasteiger partial charge in [0.1, 0.15) is 94.7 Å². The van der Waals surface area contributed by atoms with Crippen LogP contribution in [0, 0.1) is 5.92 Å². The molecule has 0 bridgehead atoms. The fourth-order valence-electron chi connectivity index (χ4n) is 16.9. The molecule has 2 aliphatic rings. The van der Waals surface area contributed by atoms with Crippen LogP contribution < -0.4 is 46.9 Å². The summed E-state index contributed by atoms with van der Waals surface area (Å²) in [5.41, 5.74) is 15.3.